The number of carbonyl (C=O) groups is 1. The van der Waals surface area contributed by atoms with Crippen LogP contribution in [-0.4, -0.2) is 49.2 Å². The third kappa shape index (κ3) is 3.34. The Labute approximate surface area is 95.5 Å². The van der Waals surface area contributed by atoms with Crippen LogP contribution >= 0.6 is 11.6 Å². The van der Waals surface area contributed by atoms with Crippen molar-refractivity contribution in [2.75, 3.05) is 18.7 Å². The number of amides is 1. The molecular weight excluding hydrogens is 238 g/mol. The van der Waals surface area contributed by atoms with Gasteiger partial charge in [0.15, 0.2) is 9.84 Å². The molecule has 1 aliphatic carbocycles. The van der Waals surface area contributed by atoms with Gasteiger partial charge in [-0.05, 0) is 19.8 Å². The fourth-order valence-corrected chi connectivity index (χ4v) is 2.05. The van der Waals surface area contributed by atoms with Crippen LogP contribution < -0.4 is 0 Å². The van der Waals surface area contributed by atoms with Gasteiger partial charge in [-0.3, -0.25) is 4.79 Å². The summed E-state index contributed by atoms with van der Waals surface area (Å²) in [6, 6.07) is 0.209. The molecule has 1 saturated carbocycles. The molecule has 0 saturated heterocycles. The van der Waals surface area contributed by atoms with E-state index in [9.17, 15) is 13.2 Å². The first kappa shape index (κ1) is 12.8. The van der Waals surface area contributed by atoms with Crippen molar-refractivity contribution in [3.05, 3.63) is 0 Å². The maximum absolute atomic E-state index is 11.8. The predicted octanol–water partition coefficient (Wildman–Crippen LogP) is 0.649. The highest BCUT2D eigenvalue weighted by atomic mass is 35.5. The zero-order valence-corrected chi connectivity index (χ0v) is 10.5. The molecule has 0 aromatic heterocycles. The van der Waals surface area contributed by atoms with E-state index in [1.54, 1.807) is 4.90 Å². The van der Waals surface area contributed by atoms with Crippen molar-refractivity contribution in [3.63, 3.8) is 0 Å². The lowest BCUT2D eigenvalue weighted by Gasteiger charge is -2.24. The number of sulfone groups is 1. The van der Waals surface area contributed by atoms with Gasteiger partial charge in [-0.25, -0.2) is 8.42 Å². The second kappa shape index (κ2) is 4.70. The molecule has 88 valence electrons. The molecule has 15 heavy (non-hydrogen) atoms. The van der Waals surface area contributed by atoms with Gasteiger partial charge in [0.1, 0.15) is 5.25 Å². The number of hydrogen-bond donors (Lipinski definition) is 0. The molecule has 1 unspecified atom stereocenters. The molecule has 0 radical (unpaired) electrons. The van der Waals surface area contributed by atoms with Crippen molar-refractivity contribution in [2.45, 2.75) is 31.1 Å². The number of carbonyl (C=O) groups excluding carboxylic acids is 1. The Kier molecular flexibility index (Phi) is 4.00. The highest BCUT2D eigenvalue weighted by Crippen LogP contribution is 2.27. The lowest BCUT2D eigenvalue weighted by Crippen LogP contribution is -2.43. The van der Waals surface area contributed by atoms with E-state index in [-0.39, 0.29) is 11.9 Å². The third-order valence-electron chi connectivity index (χ3n) is 2.59. The molecule has 0 heterocycles. The average Bonchev–Trinajstić information content (AvgIpc) is 2.93. The lowest BCUT2D eigenvalue weighted by atomic mass is 10.3. The van der Waals surface area contributed by atoms with Gasteiger partial charge in [0.25, 0.3) is 0 Å². The van der Waals surface area contributed by atoms with Crippen molar-refractivity contribution in [1.82, 2.24) is 4.90 Å². The molecule has 0 N–H and O–H groups in total. The molecule has 1 fully saturated rings. The highest BCUT2D eigenvalue weighted by Gasteiger charge is 2.36. The van der Waals surface area contributed by atoms with Gasteiger partial charge in [-0.15, -0.1) is 11.6 Å². The quantitative estimate of drug-likeness (QED) is 0.676. The zero-order chi connectivity index (χ0) is 11.6. The van der Waals surface area contributed by atoms with Crippen LogP contribution in [0.3, 0.4) is 0 Å². The summed E-state index contributed by atoms with van der Waals surface area (Å²) in [4.78, 5) is 13.4. The molecule has 6 heteroatoms. The van der Waals surface area contributed by atoms with Gasteiger partial charge in [0, 0.05) is 24.7 Å². The number of rotatable bonds is 5. The Morgan fingerprint density at radius 2 is 2.07 bits per heavy atom. The minimum Gasteiger partial charge on any atom is -0.337 e. The Bertz CT molecular complexity index is 337. The minimum atomic E-state index is -3.31. The smallest absolute Gasteiger partial charge is 0.240 e. The zero-order valence-electron chi connectivity index (χ0n) is 8.94. The van der Waals surface area contributed by atoms with Gasteiger partial charge in [0.05, 0.1) is 0 Å². The SMILES string of the molecule is CC(C(=O)N(CCCl)C1CC1)S(C)(=O)=O. The summed E-state index contributed by atoms with van der Waals surface area (Å²) in [6.45, 7) is 1.87. The van der Waals surface area contributed by atoms with Crippen LogP contribution in [0.5, 0.6) is 0 Å². The van der Waals surface area contributed by atoms with E-state index in [1.165, 1.54) is 6.92 Å². The van der Waals surface area contributed by atoms with Crippen LogP contribution in [0, 0.1) is 0 Å². The second-order valence-corrected chi connectivity index (χ2v) is 6.67. The minimum absolute atomic E-state index is 0.209. The van der Waals surface area contributed by atoms with Crippen LogP contribution in [-0.2, 0) is 14.6 Å². The number of alkyl halides is 1. The van der Waals surface area contributed by atoms with E-state index in [4.69, 9.17) is 11.6 Å². The van der Waals surface area contributed by atoms with E-state index in [0.717, 1.165) is 19.1 Å². The molecule has 1 atom stereocenters. The molecule has 0 bridgehead atoms. The van der Waals surface area contributed by atoms with Crippen molar-refractivity contribution >= 4 is 27.3 Å². The van der Waals surface area contributed by atoms with E-state index >= 15 is 0 Å². The highest BCUT2D eigenvalue weighted by molar-refractivity contribution is 7.92. The van der Waals surface area contributed by atoms with Crippen LogP contribution in [0.1, 0.15) is 19.8 Å². The molecule has 4 nitrogen and oxygen atoms in total. The summed E-state index contributed by atoms with van der Waals surface area (Å²) in [5.74, 6) is 0.0271. The van der Waals surface area contributed by atoms with E-state index in [0.29, 0.717) is 12.4 Å². The Morgan fingerprint density at radius 1 is 1.53 bits per heavy atom. The largest absolute Gasteiger partial charge is 0.337 e. The molecule has 1 rings (SSSR count). The van der Waals surface area contributed by atoms with Crippen LogP contribution in [0.4, 0.5) is 0 Å². The van der Waals surface area contributed by atoms with Gasteiger partial charge < -0.3 is 4.90 Å². The monoisotopic (exact) mass is 253 g/mol. The summed E-state index contributed by atoms with van der Waals surface area (Å²) in [6.07, 6.45) is 3.00. The molecule has 0 spiro atoms. The van der Waals surface area contributed by atoms with Crippen molar-refractivity contribution in [2.24, 2.45) is 0 Å². The summed E-state index contributed by atoms with van der Waals surface area (Å²) in [7, 11) is -3.31. The fraction of sp³-hybridized carbons (Fsp3) is 0.889. The van der Waals surface area contributed by atoms with Crippen molar-refractivity contribution in [1.29, 1.82) is 0 Å². The summed E-state index contributed by atoms with van der Waals surface area (Å²) < 4.78 is 22.5. The average molecular weight is 254 g/mol. The van der Waals surface area contributed by atoms with E-state index in [2.05, 4.69) is 0 Å². The number of hydrogen-bond acceptors (Lipinski definition) is 3. The van der Waals surface area contributed by atoms with E-state index < -0.39 is 15.1 Å². The Balaban J connectivity index is 2.71. The number of nitrogens with zero attached hydrogens (tertiary/aromatic N) is 1. The molecular formula is C9H16ClNO3S. The molecule has 0 aromatic carbocycles. The summed E-state index contributed by atoms with van der Waals surface area (Å²) in [5, 5.41) is -0.957. The topological polar surface area (TPSA) is 54.5 Å². The predicted molar refractivity (Wildman–Crippen MR) is 59.8 cm³/mol. The maximum atomic E-state index is 11.8. The lowest BCUT2D eigenvalue weighted by molar-refractivity contribution is -0.130. The maximum Gasteiger partial charge on any atom is 0.240 e. The first-order chi connectivity index (χ1) is 6.88. The van der Waals surface area contributed by atoms with Crippen LogP contribution in [0.15, 0.2) is 0 Å². The van der Waals surface area contributed by atoms with Gasteiger partial charge in [-0.1, -0.05) is 0 Å². The molecule has 0 aliphatic heterocycles. The standard InChI is InChI=1S/C9H16ClNO3S/c1-7(15(2,13)14)9(12)11(6-5-10)8-3-4-8/h7-8H,3-6H2,1-2H3. The summed E-state index contributed by atoms with van der Waals surface area (Å²) in [5.41, 5.74) is 0. The van der Waals surface area contributed by atoms with Crippen LogP contribution in [0.25, 0.3) is 0 Å². The Morgan fingerprint density at radius 3 is 2.40 bits per heavy atom. The van der Waals surface area contributed by atoms with Gasteiger partial charge in [-0.2, -0.15) is 0 Å². The fourth-order valence-electron chi connectivity index (χ4n) is 1.37. The normalized spacial score (nSPS) is 18.6. The van der Waals surface area contributed by atoms with Crippen LogP contribution in [0.2, 0.25) is 0 Å². The summed E-state index contributed by atoms with van der Waals surface area (Å²) >= 11 is 5.59. The first-order valence-electron chi connectivity index (χ1n) is 4.93. The molecule has 0 aromatic rings. The van der Waals surface area contributed by atoms with Crippen molar-refractivity contribution in [3.8, 4) is 0 Å². The Hall–Kier alpha value is -0.290. The second-order valence-electron chi connectivity index (χ2n) is 3.92. The molecule has 1 aliphatic rings. The number of halogens is 1. The third-order valence-corrected chi connectivity index (χ3v) is 4.24. The van der Waals surface area contributed by atoms with Gasteiger partial charge >= 0.3 is 0 Å². The molecule has 1 amide bonds. The van der Waals surface area contributed by atoms with Gasteiger partial charge in [0.2, 0.25) is 5.91 Å². The van der Waals surface area contributed by atoms with Crippen molar-refractivity contribution < 1.29 is 13.2 Å². The first-order valence-corrected chi connectivity index (χ1v) is 7.42. The van der Waals surface area contributed by atoms with E-state index in [1.807, 2.05) is 0 Å².